The Morgan fingerprint density at radius 1 is 1.09 bits per heavy atom. The first-order valence-corrected chi connectivity index (χ1v) is 11.4. The molecule has 3 N–H and O–H groups in total. The Balaban J connectivity index is 0.000000668. The van der Waals surface area contributed by atoms with E-state index in [0.717, 1.165) is 38.9 Å². The fraction of sp³-hybridized carbons (Fsp3) is 0.435. The number of hydrogen-bond acceptors (Lipinski definition) is 7. The Bertz CT molecular complexity index is 1060. The molecule has 0 aliphatic heterocycles. The molecule has 1 aliphatic rings. The van der Waals surface area contributed by atoms with Gasteiger partial charge in [-0.25, -0.2) is 14.8 Å². The highest BCUT2D eigenvalue weighted by atomic mass is 32.1. The van der Waals surface area contributed by atoms with Gasteiger partial charge in [-0.3, -0.25) is 0 Å². The van der Waals surface area contributed by atoms with Crippen LogP contribution in [0.1, 0.15) is 54.3 Å². The number of thiophene rings is 1. The molecule has 0 unspecified atom stereocenters. The van der Waals surface area contributed by atoms with Crippen LogP contribution in [0.2, 0.25) is 0 Å². The molecule has 0 spiro atoms. The van der Waals surface area contributed by atoms with Gasteiger partial charge in [0.25, 0.3) is 0 Å². The van der Waals surface area contributed by atoms with E-state index in [2.05, 4.69) is 18.3 Å². The zero-order valence-corrected chi connectivity index (χ0v) is 19.4. The fourth-order valence-electron chi connectivity index (χ4n) is 3.91. The molecule has 2 heterocycles. The number of anilines is 1. The minimum atomic E-state index is -1.83. The number of benzene rings is 1. The second-order valence-corrected chi connectivity index (χ2v) is 8.90. The third-order valence-electron chi connectivity index (χ3n) is 5.41. The van der Waals surface area contributed by atoms with E-state index in [1.165, 1.54) is 37.0 Å². The Labute approximate surface area is 191 Å². The molecule has 9 heteroatoms. The van der Waals surface area contributed by atoms with Gasteiger partial charge in [0.1, 0.15) is 16.5 Å². The van der Waals surface area contributed by atoms with Crippen molar-refractivity contribution >= 4 is 33.5 Å². The number of nitrogens with one attached hydrogen (secondary N) is 1. The van der Waals surface area contributed by atoms with Crippen molar-refractivity contribution in [3.8, 4) is 11.5 Å². The van der Waals surface area contributed by atoms with Crippen molar-refractivity contribution in [3.63, 3.8) is 0 Å². The van der Waals surface area contributed by atoms with Crippen molar-refractivity contribution in [3.05, 3.63) is 40.5 Å². The lowest BCUT2D eigenvalue weighted by Gasteiger charge is -2.21. The standard InChI is InChI=1S/C22H27N3O2S.CH2O3/c1-14-11-17-21(23-13-15-9-10-18(26-2)19(12-15)27-3)24-20(25-22(17)28-14)16-7-5-4-6-8-16;2-1(3)4/h9-12,16H,4-8,13H2,1-3H3,(H,23,24,25);(H2,2,3,4). The summed E-state index contributed by atoms with van der Waals surface area (Å²) in [6.45, 7) is 2.80. The monoisotopic (exact) mass is 459 g/mol. The molecule has 0 saturated heterocycles. The number of hydrogen-bond donors (Lipinski definition) is 3. The van der Waals surface area contributed by atoms with Crippen molar-refractivity contribution in [2.24, 2.45) is 0 Å². The molecule has 8 nitrogen and oxygen atoms in total. The van der Waals surface area contributed by atoms with Crippen LogP contribution in [0.3, 0.4) is 0 Å². The maximum atomic E-state index is 8.56. The summed E-state index contributed by atoms with van der Waals surface area (Å²) >= 11 is 1.75. The van der Waals surface area contributed by atoms with E-state index in [9.17, 15) is 0 Å². The quantitative estimate of drug-likeness (QED) is 0.417. The summed E-state index contributed by atoms with van der Waals surface area (Å²) in [5.41, 5.74) is 1.12. The lowest BCUT2D eigenvalue weighted by molar-refractivity contribution is 0.137. The van der Waals surface area contributed by atoms with Gasteiger partial charge in [-0.1, -0.05) is 25.3 Å². The lowest BCUT2D eigenvalue weighted by Crippen LogP contribution is -2.11. The molecule has 1 saturated carbocycles. The molecule has 0 radical (unpaired) electrons. The average molecular weight is 460 g/mol. The van der Waals surface area contributed by atoms with E-state index in [4.69, 9.17) is 34.4 Å². The van der Waals surface area contributed by atoms with Crippen molar-refractivity contribution in [2.75, 3.05) is 19.5 Å². The van der Waals surface area contributed by atoms with Gasteiger partial charge in [0.15, 0.2) is 11.5 Å². The molecule has 172 valence electrons. The fourth-order valence-corrected chi connectivity index (χ4v) is 4.80. The van der Waals surface area contributed by atoms with Crippen LogP contribution in [0.4, 0.5) is 10.6 Å². The van der Waals surface area contributed by atoms with E-state index in [1.54, 1.807) is 25.6 Å². The normalized spacial score (nSPS) is 13.8. The predicted octanol–water partition coefficient (Wildman–Crippen LogP) is 5.90. The molecule has 4 rings (SSSR count). The van der Waals surface area contributed by atoms with Crippen LogP contribution in [-0.4, -0.2) is 40.6 Å². The van der Waals surface area contributed by atoms with E-state index >= 15 is 0 Å². The van der Waals surface area contributed by atoms with Crippen molar-refractivity contribution in [1.82, 2.24) is 9.97 Å². The number of carbonyl (C=O) groups is 1. The molecule has 0 atom stereocenters. The molecular formula is C23H29N3O5S. The Morgan fingerprint density at radius 2 is 1.78 bits per heavy atom. The van der Waals surface area contributed by atoms with Crippen LogP contribution in [0.5, 0.6) is 11.5 Å². The highest BCUT2D eigenvalue weighted by molar-refractivity contribution is 7.18. The molecule has 1 aromatic carbocycles. The Hall–Kier alpha value is -3.07. The average Bonchev–Trinajstić information content (AvgIpc) is 3.17. The molecule has 0 bridgehead atoms. The SMILES string of the molecule is COc1ccc(CNc2nc(C3CCCCC3)nc3sc(C)cc23)cc1OC.O=C(O)O. The van der Waals surface area contributed by atoms with Crippen molar-refractivity contribution in [1.29, 1.82) is 0 Å². The second-order valence-electron chi connectivity index (χ2n) is 7.67. The first kappa shape index (κ1) is 23.6. The third kappa shape index (κ3) is 6.00. The van der Waals surface area contributed by atoms with Crippen molar-refractivity contribution in [2.45, 2.75) is 51.5 Å². The topological polar surface area (TPSA) is 114 Å². The van der Waals surface area contributed by atoms with E-state index in [0.29, 0.717) is 12.5 Å². The number of fused-ring (bicyclic) bond motifs is 1. The minimum absolute atomic E-state index is 0.488. The predicted molar refractivity (Wildman–Crippen MR) is 126 cm³/mol. The number of ether oxygens (including phenoxy) is 2. The van der Waals surface area contributed by atoms with Crippen LogP contribution in [0, 0.1) is 6.92 Å². The zero-order chi connectivity index (χ0) is 23.1. The molecular weight excluding hydrogens is 430 g/mol. The van der Waals surface area contributed by atoms with Crippen LogP contribution in [0.15, 0.2) is 24.3 Å². The van der Waals surface area contributed by atoms with Gasteiger partial charge >= 0.3 is 6.16 Å². The summed E-state index contributed by atoms with van der Waals surface area (Å²) in [5, 5.41) is 18.6. The maximum Gasteiger partial charge on any atom is 0.503 e. The van der Waals surface area contributed by atoms with Gasteiger partial charge in [0.2, 0.25) is 0 Å². The first-order valence-electron chi connectivity index (χ1n) is 10.6. The molecule has 32 heavy (non-hydrogen) atoms. The molecule has 3 aromatic rings. The summed E-state index contributed by atoms with van der Waals surface area (Å²) in [4.78, 5) is 20.8. The summed E-state index contributed by atoms with van der Waals surface area (Å²) in [5.74, 6) is 3.91. The highest BCUT2D eigenvalue weighted by Gasteiger charge is 2.21. The smallest absolute Gasteiger partial charge is 0.493 e. The number of aryl methyl sites for hydroxylation is 1. The number of nitrogens with zero attached hydrogens (tertiary/aromatic N) is 2. The lowest BCUT2D eigenvalue weighted by atomic mass is 9.89. The number of aromatic nitrogens is 2. The van der Waals surface area contributed by atoms with Crippen LogP contribution < -0.4 is 14.8 Å². The van der Waals surface area contributed by atoms with Crippen LogP contribution in [0.25, 0.3) is 10.2 Å². The largest absolute Gasteiger partial charge is 0.503 e. The second kappa shape index (κ2) is 11.0. The third-order valence-corrected chi connectivity index (χ3v) is 6.36. The maximum absolute atomic E-state index is 8.56. The summed E-state index contributed by atoms with van der Waals surface area (Å²) in [7, 11) is 3.31. The number of rotatable bonds is 6. The van der Waals surface area contributed by atoms with Gasteiger partial charge in [-0.05, 0) is 43.5 Å². The van der Waals surface area contributed by atoms with E-state index < -0.39 is 6.16 Å². The number of carboxylic acid groups (broad SMARTS) is 2. The molecule has 1 fully saturated rings. The Morgan fingerprint density at radius 3 is 2.44 bits per heavy atom. The first-order chi connectivity index (χ1) is 15.4. The van der Waals surface area contributed by atoms with E-state index in [-0.39, 0.29) is 0 Å². The number of methoxy groups -OCH3 is 2. The zero-order valence-electron chi connectivity index (χ0n) is 18.6. The molecule has 0 amide bonds. The highest BCUT2D eigenvalue weighted by Crippen LogP contribution is 2.35. The molecule has 1 aliphatic carbocycles. The van der Waals surface area contributed by atoms with Gasteiger partial charge < -0.3 is 25.0 Å². The van der Waals surface area contributed by atoms with Gasteiger partial charge in [0, 0.05) is 17.3 Å². The summed E-state index contributed by atoms with van der Waals surface area (Å²) < 4.78 is 10.8. The van der Waals surface area contributed by atoms with Gasteiger partial charge in [0.05, 0.1) is 19.6 Å². The van der Waals surface area contributed by atoms with Crippen LogP contribution >= 0.6 is 11.3 Å². The Kier molecular flexibility index (Phi) is 8.10. The van der Waals surface area contributed by atoms with Gasteiger partial charge in [-0.2, -0.15) is 0 Å². The minimum Gasteiger partial charge on any atom is -0.493 e. The van der Waals surface area contributed by atoms with E-state index in [1.807, 2.05) is 18.2 Å². The van der Waals surface area contributed by atoms with Gasteiger partial charge in [-0.15, -0.1) is 11.3 Å². The summed E-state index contributed by atoms with van der Waals surface area (Å²) in [6, 6.07) is 8.17. The summed E-state index contributed by atoms with van der Waals surface area (Å²) in [6.07, 6.45) is 4.46. The van der Waals surface area contributed by atoms with Crippen LogP contribution in [-0.2, 0) is 6.54 Å². The van der Waals surface area contributed by atoms with Crippen molar-refractivity contribution < 1.29 is 24.5 Å². The molecule has 2 aromatic heterocycles.